The van der Waals surface area contributed by atoms with Crippen LogP contribution in [0, 0.1) is 5.41 Å². The molecule has 1 saturated carbocycles. The molecule has 29 heavy (non-hydrogen) atoms. The standard InChI is InChI=1S/C24H32N4O/c1-24-16-20-19(15-18-9-4-3-5-10-18)26(2)21(24)11-6-7-12-22(24)28(20)23(29)17-27-14-8-13-25-27/h3-5,8-10,13-14,19-22H,6-7,11-12,15-17H2,1-2H3/t19-,20-,21+,22-,24+/m0/s1. The topological polar surface area (TPSA) is 41.4 Å². The Bertz CT molecular complexity index is 851. The van der Waals surface area contributed by atoms with Gasteiger partial charge in [0.1, 0.15) is 6.54 Å². The van der Waals surface area contributed by atoms with Crippen molar-refractivity contribution in [2.24, 2.45) is 5.41 Å². The van der Waals surface area contributed by atoms with E-state index >= 15 is 0 Å². The molecule has 2 bridgehead atoms. The van der Waals surface area contributed by atoms with Crippen LogP contribution in [0.1, 0.15) is 44.6 Å². The van der Waals surface area contributed by atoms with Gasteiger partial charge in [-0.3, -0.25) is 14.4 Å². The van der Waals surface area contributed by atoms with Gasteiger partial charge in [0.2, 0.25) is 5.91 Å². The highest BCUT2D eigenvalue weighted by Gasteiger charge is 2.61. The largest absolute Gasteiger partial charge is 0.333 e. The van der Waals surface area contributed by atoms with Crippen LogP contribution in [0.15, 0.2) is 48.8 Å². The van der Waals surface area contributed by atoms with Gasteiger partial charge in [-0.25, -0.2) is 0 Å². The number of likely N-dealkylation sites (N-methyl/N-ethyl adjacent to an activating group) is 1. The van der Waals surface area contributed by atoms with Crippen LogP contribution < -0.4 is 0 Å². The van der Waals surface area contributed by atoms with E-state index in [2.05, 4.69) is 59.2 Å². The minimum atomic E-state index is 0.197. The van der Waals surface area contributed by atoms with E-state index < -0.39 is 0 Å². The first-order chi connectivity index (χ1) is 14.1. The third kappa shape index (κ3) is 3.10. The summed E-state index contributed by atoms with van der Waals surface area (Å²) >= 11 is 0. The molecule has 2 saturated heterocycles. The van der Waals surface area contributed by atoms with Crippen LogP contribution in [-0.2, 0) is 17.8 Å². The molecule has 1 aromatic carbocycles. The van der Waals surface area contributed by atoms with Crippen LogP contribution in [0.4, 0.5) is 0 Å². The predicted octanol–water partition coefficient (Wildman–Crippen LogP) is 3.36. The van der Waals surface area contributed by atoms with Gasteiger partial charge in [-0.2, -0.15) is 5.10 Å². The van der Waals surface area contributed by atoms with E-state index in [0.717, 1.165) is 19.3 Å². The lowest BCUT2D eigenvalue weighted by atomic mass is 9.69. The summed E-state index contributed by atoms with van der Waals surface area (Å²) in [5.41, 5.74) is 1.56. The van der Waals surface area contributed by atoms with E-state index in [1.165, 1.54) is 24.8 Å². The van der Waals surface area contributed by atoms with E-state index in [1.807, 2.05) is 12.3 Å². The van der Waals surface area contributed by atoms with E-state index in [-0.39, 0.29) is 17.4 Å². The lowest BCUT2D eigenvalue weighted by molar-refractivity contribution is -0.136. The second-order valence-electron chi connectivity index (χ2n) is 9.52. The first-order valence-electron chi connectivity index (χ1n) is 11.1. The fourth-order valence-electron chi connectivity index (χ4n) is 6.67. The minimum Gasteiger partial charge on any atom is -0.333 e. The highest BCUT2D eigenvalue weighted by Crippen LogP contribution is 2.55. The van der Waals surface area contributed by atoms with Crippen molar-refractivity contribution < 1.29 is 4.79 Å². The van der Waals surface area contributed by atoms with Crippen molar-refractivity contribution in [1.82, 2.24) is 19.6 Å². The number of piperidine rings is 1. The van der Waals surface area contributed by atoms with Crippen LogP contribution in [0.25, 0.3) is 0 Å². The van der Waals surface area contributed by atoms with Gasteiger partial charge in [-0.05, 0) is 44.4 Å². The SMILES string of the molecule is CN1[C@@H](Cc2ccccc2)[C@@H]2C[C@@]3(C)[C@H](CCCC[C@@H]13)N2C(=O)Cn1cccn1. The Kier molecular flexibility index (Phi) is 4.73. The molecule has 0 N–H and O–H groups in total. The average Bonchev–Trinajstić information content (AvgIpc) is 3.27. The molecule has 5 rings (SSSR count). The quantitative estimate of drug-likeness (QED) is 0.801. The third-order valence-electron chi connectivity index (χ3n) is 7.96. The smallest absolute Gasteiger partial charge is 0.244 e. The maximum atomic E-state index is 13.6. The van der Waals surface area contributed by atoms with Crippen molar-refractivity contribution in [2.75, 3.05) is 7.05 Å². The number of carbonyl (C=O) groups is 1. The molecule has 5 heteroatoms. The number of amides is 1. The van der Waals surface area contributed by atoms with Crippen molar-refractivity contribution in [3.8, 4) is 0 Å². The number of aromatic nitrogens is 2. The molecule has 2 aliphatic heterocycles. The molecule has 0 unspecified atom stereocenters. The molecule has 3 heterocycles. The summed E-state index contributed by atoms with van der Waals surface area (Å²) < 4.78 is 1.77. The first-order valence-corrected chi connectivity index (χ1v) is 11.1. The molecular weight excluding hydrogens is 360 g/mol. The van der Waals surface area contributed by atoms with Crippen molar-refractivity contribution in [1.29, 1.82) is 0 Å². The lowest BCUT2D eigenvalue weighted by Gasteiger charge is -2.49. The minimum absolute atomic E-state index is 0.197. The van der Waals surface area contributed by atoms with Gasteiger partial charge in [0, 0.05) is 42.0 Å². The van der Waals surface area contributed by atoms with Crippen LogP contribution in [0.3, 0.4) is 0 Å². The number of rotatable bonds is 4. The average molecular weight is 393 g/mol. The summed E-state index contributed by atoms with van der Waals surface area (Å²) in [5.74, 6) is 0.237. The zero-order valence-corrected chi connectivity index (χ0v) is 17.6. The Hall–Kier alpha value is -2.14. The van der Waals surface area contributed by atoms with Crippen molar-refractivity contribution >= 4 is 5.91 Å². The van der Waals surface area contributed by atoms with Crippen LogP contribution in [0.2, 0.25) is 0 Å². The predicted molar refractivity (Wildman–Crippen MR) is 113 cm³/mol. The molecule has 0 spiro atoms. The molecule has 2 aromatic rings. The third-order valence-corrected chi connectivity index (χ3v) is 7.96. The maximum absolute atomic E-state index is 13.6. The summed E-state index contributed by atoms with van der Waals surface area (Å²) in [6, 6.07) is 14.3. The molecule has 1 aromatic heterocycles. The van der Waals surface area contributed by atoms with Gasteiger partial charge in [-0.15, -0.1) is 0 Å². The number of likely N-dealkylation sites (tertiary alicyclic amines) is 2. The summed E-state index contributed by atoms with van der Waals surface area (Å²) in [4.78, 5) is 18.5. The van der Waals surface area contributed by atoms with Crippen LogP contribution >= 0.6 is 0 Å². The Morgan fingerprint density at radius 2 is 1.90 bits per heavy atom. The van der Waals surface area contributed by atoms with Gasteiger partial charge in [-0.1, -0.05) is 50.1 Å². The number of hydrogen-bond acceptors (Lipinski definition) is 3. The first kappa shape index (κ1) is 18.9. The second-order valence-corrected chi connectivity index (χ2v) is 9.52. The zero-order chi connectivity index (χ0) is 20.0. The fraction of sp³-hybridized carbons (Fsp3) is 0.583. The number of fused-ring (bicyclic) bond motifs is 1. The number of carbonyl (C=O) groups excluding carboxylic acids is 1. The zero-order valence-electron chi connectivity index (χ0n) is 17.6. The Morgan fingerprint density at radius 3 is 2.62 bits per heavy atom. The molecular formula is C24H32N4O. The molecule has 5 nitrogen and oxygen atoms in total. The monoisotopic (exact) mass is 392 g/mol. The van der Waals surface area contributed by atoms with Crippen LogP contribution in [-0.4, -0.2) is 56.7 Å². The fourth-order valence-corrected chi connectivity index (χ4v) is 6.67. The van der Waals surface area contributed by atoms with Gasteiger partial charge in [0.05, 0.1) is 0 Å². The summed E-state index contributed by atoms with van der Waals surface area (Å²) in [5, 5.41) is 4.29. The maximum Gasteiger partial charge on any atom is 0.244 e. The van der Waals surface area contributed by atoms with Gasteiger partial charge < -0.3 is 4.90 Å². The Morgan fingerprint density at radius 1 is 1.14 bits per heavy atom. The van der Waals surface area contributed by atoms with Crippen molar-refractivity contribution in [3.05, 3.63) is 54.4 Å². The van der Waals surface area contributed by atoms with Crippen LogP contribution in [0.5, 0.6) is 0 Å². The van der Waals surface area contributed by atoms with E-state index in [9.17, 15) is 4.79 Å². The molecule has 0 radical (unpaired) electrons. The number of benzene rings is 1. The summed E-state index contributed by atoms with van der Waals surface area (Å²) in [6.07, 6.45) is 10.7. The van der Waals surface area contributed by atoms with Gasteiger partial charge in [0.15, 0.2) is 0 Å². The van der Waals surface area contributed by atoms with E-state index in [1.54, 1.807) is 10.9 Å². The summed E-state index contributed by atoms with van der Waals surface area (Å²) in [6.45, 7) is 2.81. The Labute approximate surface area is 173 Å². The molecule has 3 aliphatic rings. The lowest BCUT2D eigenvalue weighted by Crippen LogP contribution is -2.58. The van der Waals surface area contributed by atoms with E-state index in [0.29, 0.717) is 24.7 Å². The van der Waals surface area contributed by atoms with Crippen molar-refractivity contribution in [3.63, 3.8) is 0 Å². The number of nitrogens with zero attached hydrogens (tertiary/aromatic N) is 4. The summed E-state index contributed by atoms with van der Waals surface area (Å²) in [7, 11) is 2.31. The normalized spacial score (nSPS) is 34.2. The molecule has 1 aliphatic carbocycles. The molecule has 1 amide bonds. The second kappa shape index (κ2) is 7.28. The van der Waals surface area contributed by atoms with E-state index in [4.69, 9.17) is 0 Å². The highest BCUT2D eigenvalue weighted by molar-refractivity contribution is 5.77. The Balaban J connectivity index is 1.50. The molecule has 5 atom stereocenters. The molecule has 154 valence electrons. The number of hydrogen-bond donors (Lipinski definition) is 0. The molecule has 3 fully saturated rings. The van der Waals surface area contributed by atoms with Gasteiger partial charge >= 0.3 is 0 Å². The van der Waals surface area contributed by atoms with Crippen molar-refractivity contribution in [2.45, 2.75) is 76.2 Å². The van der Waals surface area contributed by atoms with Gasteiger partial charge in [0.25, 0.3) is 0 Å². The highest BCUT2D eigenvalue weighted by atomic mass is 16.2.